The maximum atomic E-state index is 3.78. The van der Waals surface area contributed by atoms with E-state index in [1.165, 1.54) is 0 Å². The molecule has 0 spiro atoms. The van der Waals surface area contributed by atoms with E-state index in [2.05, 4.69) is 15.0 Å². The van der Waals surface area contributed by atoms with Gasteiger partial charge in [-0.05, 0) is 0 Å². The quantitative estimate of drug-likeness (QED) is 0.323. The fourth-order valence-corrected chi connectivity index (χ4v) is 0.977. The molecule has 0 atom stereocenters. The van der Waals surface area contributed by atoms with Gasteiger partial charge in [-0.3, -0.25) is 0 Å². The van der Waals surface area contributed by atoms with Crippen LogP contribution < -0.4 is 37.2 Å². The summed E-state index contributed by atoms with van der Waals surface area (Å²) in [7, 11) is 5.81. The zero-order valence-electron chi connectivity index (χ0n) is 12.5. The molecule has 3 rings (SSSR count). The van der Waals surface area contributed by atoms with Crippen LogP contribution >= 0.6 is 0 Å². The number of rotatable bonds is 0. The second-order valence-electron chi connectivity index (χ2n) is 3.68. The Bertz CT molecular complexity index is 422. The molecule has 0 aliphatic rings. The summed E-state index contributed by atoms with van der Waals surface area (Å²) < 4.78 is 5.67. The van der Waals surface area contributed by atoms with Crippen LogP contribution in [0.3, 0.4) is 0 Å². The van der Waals surface area contributed by atoms with Gasteiger partial charge >= 0.3 is 22.4 Å². The summed E-state index contributed by atoms with van der Waals surface area (Å²) in [4.78, 5) is 11.4. The third-order valence-electron chi connectivity index (χ3n) is 1.91. The molecule has 3 aromatic heterocycles. The molecular weight excluding hydrogens is 427 g/mol. The SMILES string of the molecule is Cn1ccnc1.Cn1ccnc1.Cn1ccnc1.[Cl-].[Cl-].[Cl-].[Nb+3]. The molecule has 0 aliphatic carbocycles. The summed E-state index contributed by atoms with van der Waals surface area (Å²) in [6.45, 7) is 0. The van der Waals surface area contributed by atoms with Gasteiger partial charge < -0.3 is 50.9 Å². The Labute approximate surface area is 165 Å². The molecule has 0 saturated carbocycles. The first-order chi connectivity index (χ1) is 8.68. The molecule has 3 aromatic rings. The minimum atomic E-state index is 0. The van der Waals surface area contributed by atoms with Crippen molar-refractivity contribution < 1.29 is 59.6 Å². The van der Waals surface area contributed by atoms with Crippen LogP contribution in [0.1, 0.15) is 0 Å². The van der Waals surface area contributed by atoms with E-state index in [0.717, 1.165) is 0 Å². The van der Waals surface area contributed by atoms with Gasteiger partial charge in [0.15, 0.2) is 0 Å². The molecule has 6 nitrogen and oxygen atoms in total. The predicted octanol–water partition coefficient (Wildman–Crippen LogP) is -7.73. The third kappa shape index (κ3) is 15.6. The van der Waals surface area contributed by atoms with Gasteiger partial charge in [0.1, 0.15) is 0 Å². The summed E-state index contributed by atoms with van der Waals surface area (Å²) in [6, 6.07) is 0. The average Bonchev–Trinajstić information content (AvgIpc) is 3.05. The number of hydrogen-bond donors (Lipinski definition) is 0. The van der Waals surface area contributed by atoms with Gasteiger partial charge in [0, 0.05) is 58.3 Å². The molecule has 0 saturated heterocycles. The molecule has 0 bridgehead atoms. The van der Waals surface area contributed by atoms with Crippen LogP contribution in [0.2, 0.25) is 0 Å². The van der Waals surface area contributed by atoms with E-state index in [0.29, 0.717) is 0 Å². The van der Waals surface area contributed by atoms with Crippen molar-refractivity contribution in [2.24, 2.45) is 21.1 Å². The van der Waals surface area contributed by atoms with Gasteiger partial charge in [-0.25, -0.2) is 15.0 Å². The Morgan fingerprint density at radius 2 is 0.773 bits per heavy atom. The monoisotopic (exact) mass is 444 g/mol. The molecule has 0 amide bonds. The third-order valence-corrected chi connectivity index (χ3v) is 1.91. The summed E-state index contributed by atoms with van der Waals surface area (Å²) in [6.07, 6.45) is 16.2. The molecule has 22 heavy (non-hydrogen) atoms. The second-order valence-corrected chi connectivity index (χ2v) is 3.68. The fraction of sp³-hybridized carbons (Fsp3) is 0.250. The fourth-order valence-electron chi connectivity index (χ4n) is 0.977. The Hall–Kier alpha value is -0.760. The first-order valence-corrected chi connectivity index (χ1v) is 5.44. The standard InChI is InChI=1S/3C4H6N2.3ClH.Nb/c3*1-6-3-2-5-4-6;;;;/h3*2-4H,1H3;3*1H;/q;;;;;;+3/p-3. The van der Waals surface area contributed by atoms with Gasteiger partial charge in [-0.1, -0.05) is 0 Å². The maximum Gasteiger partial charge on any atom is 3.00 e. The molecule has 0 fully saturated rings. The van der Waals surface area contributed by atoms with Gasteiger partial charge in [-0.2, -0.15) is 0 Å². The van der Waals surface area contributed by atoms with E-state index in [9.17, 15) is 0 Å². The summed E-state index contributed by atoms with van der Waals surface area (Å²) in [5.74, 6) is 0. The minimum absolute atomic E-state index is 0. The molecule has 3 heterocycles. The maximum absolute atomic E-state index is 3.78. The Balaban J connectivity index is -0.000000101. The molecule has 0 aliphatic heterocycles. The van der Waals surface area contributed by atoms with Crippen molar-refractivity contribution in [3.63, 3.8) is 0 Å². The topological polar surface area (TPSA) is 53.5 Å². The average molecular weight is 446 g/mol. The van der Waals surface area contributed by atoms with Crippen LogP contribution in [-0.2, 0) is 43.5 Å². The summed E-state index contributed by atoms with van der Waals surface area (Å²) in [5.41, 5.74) is 0. The Kier molecular flexibility index (Phi) is 24.3. The van der Waals surface area contributed by atoms with Crippen molar-refractivity contribution in [3.8, 4) is 0 Å². The van der Waals surface area contributed by atoms with Crippen LogP contribution in [-0.4, -0.2) is 28.7 Å². The molecule has 0 N–H and O–H groups in total. The van der Waals surface area contributed by atoms with E-state index in [1.807, 2.05) is 53.4 Å². The van der Waals surface area contributed by atoms with Crippen molar-refractivity contribution in [2.45, 2.75) is 0 Å². The molecule has 0 unspecified atom stereocenters. The van der Waals surface area contributed by atoms with Gasteiger partial charge in [0.25, 0.3) is 0 Å². The van der Waals surface area contributed by atoms with E-state index < -0.39 is 0 Å². The first kappa shape index (κ1) is 29.3. The second kappa shape index (κ2) is 18.3. The Morgan fingerprint density at radius 3 is 0.818 bits per heavy atom. The molecule has 10 heteroatoms. The smallest absolute Gasteiger partial charge is 1.00 e. The number of nitrogens with zero attached hydrogens (tertiary/aromatic N) is 6. The number of imidazole rings is 3. The zero-order valence-corrected chi connectivity index (χ0v) is 16.9. The summed E-state index contributed by atoms with van der Waals surface area (Å²) in [5, 5.41) is 0. The van der Waals surface area contributed by atoms with E-state index >= 15 is 0 Å². The molecule has 122 valence electrons. The van der Waals surface area contributed by atoms with Crippen LogP contribution in [0.25, 0.3) is 0 Å². The van der Waals surface area contributed by atoms with Gasteiger partial charge in [-0.15, -0.1) is 0 Å². The number of aryl methyl sites for hydroxylation is 3. The van der Waals surface area contributed by atoms with Crippen LogP contribution in [0.15, 0.2) is 56.2 Å². The number of aromatic nitrogens is 6. The van der Waals surface area contributed by atoms with Crippen LogP contribution in [0, 0.1) is 0 Å². The van der Waals surface area contributed by atoms with Gasteiger partial charge in [0.2, 0.25) is 0 Å². The molecule has 0 radical (unpaired) electrons. The zero-order chi connectivity index (χ0) is 13.2. The molecule has 0 aromatic carbocycles. The van der Waals surface area contributed by atoms with E-state index in [1.54, 1.807) is 37.6 Å². The van der Waals surface area contributed by atoms with Crippen molar-refractivity contribution in [1.29, 1.82) is 0 Å². The predicted molar refractivity (Wildman–Crippen MR) is 69.6 cm³/mol. The largest absolute Gasteiger partial charge is 3.00 e. The van der Waals surface area contributed by atoms with Crippen molar-refractivity contribution in [1.82, 2.24) is 28.7 Å². The molecular formula is C12H18Cl3N6Nb. The van der Waals surface area contributed by atoms with Crippen molar-refractivity contribution in [3.05, 3.63) is 56.2 Å². The van der Waals surface area contributed by atoms with Crippen molar-refractivity contribution in [2.75, 3.05) is 0 Å². The Morgan fingerprint density at radius 1 is 0.545 bits per heavy atom. The van der Waals surface area contributed by atoms with Crippen molar-refractivity contribution >= 4 is 0 Å². The van der Waals surface area contributed by atoms with Crippen LogP contribution in [0.5, 0.6) is 0 Å². The number of halogens is 3. The first-order valence-electron chi connectivity index (χ1n) is 5.44. The van der Waals surface area contributed by atoms with E-state index in [4.69, 9.17) is 0 Å². The van der Waals surface area contributed by atoms with Crippen LogP contribution in [0.4, 0.5) is 0 Å². The normalized spacial score (nSPS) is 7.23. The summed E-state index contributed by atoms with van der Waals surface area (Å²) >= 11 is 0. The van der Waals surface area contributed by atoms with E-state index in [-0.39, 0.29) is 59.6 Å². The minimum Gasteiger partial charge on any atom is -1.00 e. The van der Waals surface area contributed by atoms with Gasteiger partial charge in [0.05, 0.1) is 19.0 Å². The number of hydrogen-bond acceptors (Lipinski definition) is 3.